The molecule has 0 radical (unpaired) electrons. The van der Waals surface area contributed by atoms with E-state index in [1.54, 1.807) is 6.07 Å². The molecule has 0 aromatic heterocycles. The largest absolute Gasteiger partial charge is 0.496 e. The van der Waals surface area contributed by atoms with Gasteiger partial charge >= 0.3 is 0 Å². The van der Waals surface area contributed by atoms with Gasteiger partial charge in [-0.3, -0.25) is 9.52 Å². The maximum absolute atomic E-state index is 12.6. The van der Waals surface area contributed by atoms with Gasteiger partial charge in [-0.05, 0) is 30.3 Å². The third kappa shape index (κ3) is 3.75. The van der Waals surface area contributed by atoms with Gasteiger partial charge in [-0.1, -0.05) is 29.3 Å². The van der Waals surface area contributed by atoms with Crippen LogP contribution in [0.3, 0.4) is 0 Å². The fourth-order valence-corrected chi connectivity index (χ4v) is 3.69. The van der Waals surface area contributed by atoms with Crippen molar-refractivity contribution in [1.82, 2.24) is 5.32 Å². The Hall–Kier alpha value is -1.96. The monoisotopic (exact) mass is 388 g/mol. The van der Waals surface area contributed by atoms with Crippen molar-refractivity contribution in [3.05, 3.63) is 52.0 Å². The lowest BCUT2D eigenvalue weighted by atomic mass is 10.2. The topological polar surface area (TPSA) is 84.5 Å². The number of methoxy groups -OCH3 is 1. The minimum atomic E-state index is -4.00. The maximum Gasteiger partial charge on any atom is 0.262 e. The van der Waals surface area contributed by atoms with E-state index in [1.807, 2.05) is 0 Å². The van der Waals surface area contributed by atoms with Crippen LogP contribution in [0.4, 0.5) is 5.69 Å². The standard InChI is InChI=1S/C15H14Cl2N2O4S/c1-18-15(20)10-8-9(6-7-13(10)23-2)24(21,22)19-14-11(16)4-3-5-12(14)17/h3-8,19H,1-2H3,(H,18,20). The average Bonchev–Trinajstić information content (AvgIpc) is 2.57. The van der Waals surface area contributed by atoms with Gasteiger partial charge < -0.3 is 10.1 Å². The average molecular weight is 389 g/mol. The highest BCUT2D eigenvalue weighted by Gasteiger charge is 2.21. The number of amides is 1. The molecule has 9 heteroatoms. The number of rotatable bonds is 5. The van der Waals surface area contributed by atoms with Crippen LogP contribution < -0.4 is 14.8 Å². The summed E-state index contributed by atoms with van der Waals surface area (Å²) < 4.78 is 32.5. The Labute approximate surface area is 149 Å². The quantitative estimate of drug-likeness (QED) is 0.823. The normalized spacial score (nSPS) is 11.0. The molecular formula is C15H14Cl2N2O4S. The number of benzene rings is 2. The number of sulfonamides is 1. The van der Waals surface area contributed by atoms with Crippen LogP contribution >= 0.6 is 23.2 Å². The fourth-order valence-electron chi connectivity index (χ4n) is 1.95. The molecule has 0 spiro atoms. The number of halogens is 2. The minimum absolute atomic E-state index is 0.0677. The molecular weight excluding hydrogens is 375 g/mol. The lowest BCUT2D eigenvalue weighted by Crippen LogP contribution is -2.20. The van der Waals surface area contributed by atoms with Crippen molar-refractivity contribution in [2.75, 3.05) is 18.9 Å². The molecule has 2 N–H and O–H groups in total. The van der Waals surface area contributed by atoms with Crippen molar-refractivity contribution in [2.45, 2.75) is 4.90 Å². The highest BCUT2D eigenvalue weighted by atomic mass is 35.5. The molecule has 0 fully saturated rings. The Bertz CT molecular complexity index is 865. The first-order valence-corrected chi connectivity index (χ1v) is 8.91. The molecule has 0 bridgehead atoms. The lowest BCUT2D eigenvalue weighted by Gasteiger charge is -2.13. The van der Waals surface area contributed by atoms with Crippen LogP contribution in [0.15, 0.2) is 41.3 Å². The van der Waals surface area contributed by atoms with Gasteiger partial charge in [-0.25, -0.2) is 8.42 Å². The molecule has 2 rings (SSSR count). The van der Waals surface area contributed by atoms with E-state index in [2.05, 4.69) is 10.0 Å². The van der Waals surface area contributed by atoms with E-state index in [0.29, 0.717) is 0 Å². The van der Waals surface area contributed by atoms with E-state index < -0.39 is 15.9 Å². The molecule has 1 amide bonds. The zero-order chi connectivity index (χ0) is 17.9. The van der Waals surface area contributed by atoms with E-state index >= 15 is 0 Å². The molecule has 6 nitrogen and oxygen atoms in total. The van der Waals surface area contributed by atoms with Gasteiger partial charge in [-0.15, -0.1) is 0 Å². The van der Waals surface area contributed by atoms with Crippen molar-refractivity contribution >= 4 is 44.8 Å². The number of anilines is 1. The van der Waals surface area contributed by atoms with Crippen LogP contribution in [-0.4, -0.2) is 28.5 Å². The lowest BCUT2D eigenvalue weighted by molar-refractivity contribution is 0.0960. The first kappa shape index (κ1) is 18.4. The Morgan fingerprint density at radius 2 is 1.75 bits per heavy atom. The Balaban J connectivity index is 2.48. The molecule has 2 aromatic rings. The highest BCUT2D eigenvalue weighted by molar-refractivity contribution is 7.92. The van der Waals surface area contributed by atoms with Crippen molar-refractivity contribution < 1.29 is 17.9 Å². The van der Waals surface area contributed by atoms with Gasteiger partial charge in [0.1, 0.15) is 5.75 Å². The smallest absolute Gasteiger partial charge is 0.262 e. The number of nitrogens with one attached hydrogen (secondary N) is 2. The summed E-state index contributed by atoms with van der Waals surface area (Å²) in [6, 6.07) is 8.54. The third-order valence-electron chi connectivity index (χ3n) is 3.15. The van der Waals surface area contributed by atoms with Gasteiger partial charge in [0, 0.05) is 7.05 Å². The van der Waals surface area contributed by atoms with Crippen LogP contribution in [-0.2, 0) is 10.0 Å². The Kier molecular flexibility index (Phi) is 5.58. The van der Waals surface area contributed by atoms with Crippen LogP contribution in [0, 0.1) is 0 Å². The molecule has 0 aliphatic carbocycles. The van der Waals surface area contributed by atoms with E-state index in [1.165, 1.54) is 44.5 Å². The van der Waals surface area contributed by atoms with E-state index in [9.17, 15) is 13.2 Å². The van der Waals surface area contributed by atoms with E-state index in [4.69, 9.17) is 27.9 Å². The second kappa shape index (κ2) is 7.29. The molecule has 0 unspecified atom stereocenters. The molecule has 0 heterocycles. The summed E-state index contributed by atoms with van der Waals surface area (Å²) in [6.07, 6.45) is 0. The fraction of sp³-hybridized carbons (Fsp3) is 0.133. The summed E-state index contributed by atoms with van der Waals surface area (Å²) >= 11 is 12.0. The molecule has 0 saturated heterocycles. The van der Waals surface area contributed by atoms with E-state index in [0.717, 1.165) is 0 Å². The third-order valence-corrected chi connectivity index (χ3v) is 5.13. The van der Waals surface area contributed by atoms with Gasteiger partial charge in [0.2, 0.25) is 0 Å². The van der Waals surface area contributed by atoms with Crippen molar-refractivity contribution in [3.8, 4) is 5.75 Å². The Morgan fingerprint density at radius 3 is 2.29 bits per heavy atom. The Morgan fingerprint density at radius 1 is 1.12 bits per heavy atom. The van der Waals surface area contributed by atoms with Gasteiger partial charge in [0.05, 0.1) is 33.3 Å². The highest BCUT2D eigenvalue weighted by Crippen LogP contribution is 2.32. The summed E-state index contributed by atoms with van der Waals surface area (Å²) in [7, 11) is -1.18. The molecule has 0 aliphatic rings. The summed E-state index contributed by atoms with van der Waals surface area (Å²) in [5.74, 6) is -0.219. The molecule has 0 saturated carbocycles. The predicted octanol–water partition coefficient (Wildman–Crippen LogP) is 3.16. The summed E-state index contributed by atoms with van der Waals surface area (Å²) in [5.41, 5.74) is 0.159. The van der Waals surface area contributed by atoms with Crippen molar-refractivity contribution in [3.63, 3.8) is 0 Å². The second-order valence-corrected chi connectivity index (χ2v) is 7.14. The number of hydrogen-bond acceptors (Lipinski definition) is 4. The van der Waals surface area contributed by atoms with Crippen molar-refractivity contribution in [1.29, 1.82) is 0 Å². The number of hydrogen-bond donors (Lipinski definition) is 2. The maximum atomic E-state index is 12.6. The summed E-state index contributed by atoms with van der Waals surface area (Å²) in [4.78, 5) is 11.8. The second-order valence-electron chi connectivity index (χ2n) is 4.64. The SMILES string of the molecule is CNC(=O)c1cc(S(=O)(=O)Nc2c(Cl)cccc2Cl)ccc1OC. The van der Waals surface area contributed by atoms with Crippen molar-refractivity contribution in [2.24, 2.45) is 0 Å². The number of ether oxygens (including phenoxy) is 1. The molecule has 0 atom stereocenters. The molecule has 24 heavy (non-hydrogen) atoms. The first-order chi connectivity index (χ1) is 11.3. The zero-order valence-corrected chi connectivity index (χ0v) is 15.1. The van der Waals surface area contributed by atoms with Gasteiger partial charge in [0.15, 0.2) is 0 Å². The number of carbonyl (C=O) groups is 1. The van der Waals surface area contributed by atoms with Gasteiger partial charge in [0.25, 0.3) is 15.9 Å². The zero-order valence-electron chi connectivity index (χ0n) is 12.8. The van der Waals surface area contributed by atoms with E-state index in [-0.39, 0.29) is 31.9 Å². The molecule has 0 aliphatic heterocycles. The first-order valence-electron chi connectivity index (χ1n) is 6.67. The van der Waals surface area contributed by atoms with Crippen LogP contribution in [0.25, 0.3) is 0 Å². The minimum Gasteiger partial charge on any atom is -0.496 e. The molecule has 2 aromatic carbocycles. The summed E-state index contributed by atoms with van der Waals surface area (Å²) in [6.45, 7) is 0. The van der Waals surface area contributed by atoms with Crippen LogP contribution in [0.5, 0.6) is 5.75 Å². The number of carbonyl (C=O) groups excluding carboxylic acids is 1. The predicted molar refractivity (Wildman–Crippen MR) is 93.7 cm³/mol. The van der Waals surface area contributed by atoms with Crippen LogP contribution in [0.2, 0.25) is 10.0 Å². The molecule has 128 valence electrons. The number of para-hydroxylation sites is 1. The van der Waals surface area contributed by atoms with Crippen LogP contribution in [0.1, 0.15) is 10.4 Å². The summed E-state index contributed by atoms with van der Waals surface area (Å²) in [5, 5.41) is 2.74. The van der Waals surface area contributed by atoms with Gasteiger partial charge in [-0.2, -0.15) is 0 Å².